The predicted octanol–water partition coefficient (Wildman–Crippen LogP) is 3.08. The molecule has 1 aromatic carbocycles. The van der Waals surface area contributed by atoms with Crippen molar-refractivity contribution >= 4 is 23.6 Å². The van der Waals surface area contributed by atoms with Gasteiger partial charge >= 0.3 is 0 Å². The molecule has 1 fully saturated rings. The Morgan fingerprint density at radius 1 is 1.27 bits per heavy atom. The van der Waals surface area contributed by atoms with E-state index in [1.54, 1.807) is 0 Å². The molecule has 136 valence electrons. The second-order valence-electron chi connectivity index (χ2n) is 6.80. The Kier molecular flexibility index (Phi) is 6.00. The lowest BCUT2D eigenvalue weighted by atomic mass is 9.87. The zero-order chi connectivity index (χ0) is 18.5. The number of amides is 2. The van der Waals surface area contributed by atoms with Crippen LogP contribution in [0.2, 0.25) is 0 Å². The Labute approximate surface area is 158 Å². The zero-order valence-corrected chi connectivity index (χ0v) is 15.8. The molecule has 3 rings (SSSR count). The van der Waals surface area contributed by atoms with Crippen molar-refractivity contribution in [2.24, 2.45) is 0 Å². The number of hydrogen-bond donors (Lipinski definition) is 1. The number of benzene rings is 1. The van der Waals surface area contributed by atoms with Crippen molar-refractivity contribution in [1.29, 1.82) is 5.26 Å². The van der Waals surface area contributed by atoms with Crippen molar-refractivity contribution in [2.45, 2.75) is 38.5 Å². The molecule has 0 radical (unpaired) electrons. The number of hydrogen-bond acceptors (Lipinski definition) is 4. The minimum atomic E-state index is -0.248. The number of thioether (sulfide) groups is 1. The van der Waals surface area contributed by atoms with Crippen molar-refractivity contribution in [3.8, 4) is 6.07 Å². The van der Waals surface area contributed by atoms with Gasteiger partial charge in [-0.25, -0.2) is 0 Å². The average Bonchev–Trinajstić information content (AvgIpc) is 2.67. The Morgan fingerprint density at radius 2 is 1.96 bits per heavy atom. The molecule has 0 aromatic heterocycles. The molecule has 1 atom stereocenters. The van der Waals surface area contributed by atoms with Gasteiger partial charge in [-0.15, -0.1) is 0 Å². The molecule has 0 spiro atoms. The third kappa shape index (κ3) is 4.28. The monoisotopic (exact) mass is 369 g/mol. The number of carbonyl (C=O) groups is 2. The van der Waals surface area contributed by atoms with Crippen LogP contribution in [-0.2, 0) is 9.59 Å². The molecule has 2 heterocycles. The van der Waals surface area contributed by atoms with Crippen LogP contribution in [0.1, 0.15) is 42.7 Å². The van der Waals surface area contributed by atoms with E-state index in [1.807, 2.05) is 36.1 Å². The van der Waals surface area contributed by atoms with Crippen molar-refractivity contribution < 1.29 is 9.59 Å². The summed E-state index contributed by atoms with van der Waals surface area (Å²) in [6, 6.07) is 10.2. The van der Waals surface area contributed by atoms with E-state index in [9.17, 15) is 14.9 Å². The predicted molar refractivity (Wildman–Crippen MR) is 102 cm³/mol. The van der Waals surface area contributed by atoms with Crippen LogP contribution in [-0.4, -0.2) is 35.6 Å². The number of rotatable bonds is 4. The maximum absolute atomic E-state index is 12.4. The Bertz CT molecular complexity index is 758. The molecule has 0 aliphatic carbocycles. The number of allylic oxidation sites excluding steroid dienone is 1. The maximum Gasteiger partial charge on any atom is 0.232 e. The van der Waals surface area contributed by atoms with Crippen LogP contribution < -0.4 is 5.32 Å². The minimum absolute atomic E-state index is 0.0752. The fourth-order valence-electron chi connectivity index (χ4n) is 3.39. The quantitative estimate of drug-likeness (QED) is 0.885. The summed E-state index contributed by atoms with van der Waals surface area (Å²) in [6.07, 6.45) is 3.54. The molecule has 1 saturated heterocycles. The van der Waals surface area contributed by atoms with Gasteiger partial charge in [0.15, 0.2) is 0 Å². The molecule has 0 unspecified atom stereocenters. The average molecular weight is 369 g/mol. The first-order valence-corrected chi connectivity index (χ1v) is 9.98. The molecule has 26 heavy (non-hydrogen) atoms. The largest absolute Gasteiger partial charge is 0.342 e. The summed E-state index contributed by atoms with van der Waals surface area (Å²) < 4.78 is 0. The van der Waals surface area contributed by atoms with Gasteiger partial charge < -0.3 is 10.2 Å². The summed E-state index contributed by atoms with van der Waals surface area (Å²) in [5.41, 5.74) is 2.64. The fourth-order valence-corrected chi connectivity index (χ4v) is 4.36. The van der Waals surface area contributed by atoms with Crippen molar-refractivity contribution in [3.05, 3.63) is 46.0 Å². The third-order valence-corrected chi connectivity index (χ3v) is 5.89. The Morgan fingerprint density at radius 3 is 2.62 bits per heavy atom. The van der Waals surface area contributed by atoms with Crippen LogP contribution in [0.5, 0.6) is 0 Å². The summed E-state index contributed by atoms with van der Waals surface area (Å²) in [5, 5.41) is 13.0. The number of aryl methyl sites for hydroxylation is 1. The van der Waals surface area contributed by atoms with E-state index in [0.29, 0.717) is 10.6 Å². The van der Waals surface area contributed by atoms with Crippen LogP contribution >= 0.6 is 11.8 Å². The van der Waals surface area contributed by atoms with E-state index in [0.717, 1.165) is 37.1 Å². The van der Waals surface area contributed by atoms with Crippen LogP contribution in [0.4, 0.5) is 0 Å². The number of carbonyl (C=O) groups excluding carboxylic acids is 2. The molecular formula is C20H23N3O2S. The molecule has 6 heteroatoms. The first-order chi connectivity index (χ1) is 12.6. The van der Waals surface area contributed by atoms with Crippen LogP contribution in [0.25, 0.3) is 0 Å². The number of nitrogens with zero attached hydrogens (tertiary/aromatic N) is 2. The van der Waals surface area contributed by atoms with Gasteiger partial charge in [0, 0.05) is 25.4 Å². The van der Waals surface area contributed by atoms with Crippen molar-refractivity contribution in [1.82, 2.24) is 10.2 Å². The highest BCUT2D eigenvalue weighted by Gasteiger charge is 2.30. The molecule has 2 aliphatic heterocycles. The van der Waals surface area contributed by atoms with E-state index < -0.39 is 0 Å². The van der Waals surface area contributed by atoms with Crippen LogP contribution in [0, 0.1) is 18.3 Å². The highest BCUT2D eigenvalue weighted by Crippen LogP contribution is 2.36. The summed E-state index contributed by atoms with van der Waals surface area (Å²) >= 11 is 1.27. The van der Waals surface area contributed by atoms with E-state index in [4.69, 9.17) is 0 Å². The minimum Gasteiger partial charge on any atom is -0.342 e. The summed E-state index contributed by atoms with van der Waals surface area (Å²) in [7, 11) is 0. The SMILES string of the molecule is Cc1ccc([C@H]2CC(=O)NC(SCC(=O)N3CCCCC3)=C2C#N)cc1. The molecule has 2 aliphatic rings. The normalized spacial score (nSPS) is 20.5. The van der Waals surface area contributed by atoms with Crippen molar-refractivity contribution in [2.75, 3.05) is 18.8 Å². The van der Waals surface area contributed by atoms with Gasteiger partial charge in [-0.2, -0.15) is 5.26 Å². The summed E-state index contributed by atoms with van der Waals surface area (Å²) in [6.45, 7) is 3.62. The van der Waals surface area contributed by atoms with E-state index in [-0.39, 0.29) is 29.9 Å². The number of nitriles is 1. The molecule has 1 N–H and O–H groups in total. The van der Waals surface area contributed by atoms with E-state index in [2.05, 4.69) is 11.4 Å². The molecule has 5 nitrogen and oxygen atoms in total. The number of nitrogens with one attached hydrogen (secondary N) is 1. The first-order valence-electron chi connectivity index (χ1n) is 8.99. The zero-order valence-electron chi connectivity index (χ0n) is 15.0. The molecule has 0 bridgehead atoms. The summed E-state index contributed by atoms with van der Waals surface area (Å²) in [4.78, 5) is 26.4. The Hall–Kier alpha value is -2.26. The van der Waals surface area contributed by atoms with Gasteiger partial charge in [0.05, 0.1) is 22.4 Å². The third-order valence-electron chi connectivity index (χ3n) is 4.88. The second-order valence-corrected chi connectivity index (χ2v) is 7.79. The highest BCUT2D eigenvalue weighted by molar-refractivity contribution is 8.03. The second kappa shape index (κ2) is 8.41. The first kappa shape index (κ1) is 18.5. The molecule has 2 amide bonds. The lowest BCUT2D eigenvalue weighted by molar-refractivity contribution is -0.129. The lowest BCUT2D eigenvalue weighted by Gasteiger charge is -2.28. The number of likely N-dealkylation sites (tertiary alicyclic amines) is 1. The lowest BCUT2D eigenvalue weighted by Crippen LogP contribution is -2.37. The standard InChI is InChI=1S/C20H23N3O2S/c1-14-5-7-15(8-6-14)16-11-18(24)22-20(17(16)12-21)26-13-19(25)23-9-3-2-4-10-23/h5-8,16H,2-4,9-11,13H2,1H3,(H,22,24)/t16-/m1/s1. The van der Waals surface area contributed by atoms with E-state index >= 15 is 0 Å². The molecule has 0 saturated carbocycles. The fraction of sp³-hybridized carbons (Fsp3) is 0.450. The van der Waals surface area contributed by atoms with Crippen LogP contribution in [0.3, 0.4) is 0 Å². The smallest absolute Gasteiger partial charge is 0.232 e. The van der Waals surface area contributed by atoms with Crippen LogP contribution in [0.15, 0.2) is 34.9 Å². The van der Waals surface area contributed by atoms with Crippen molar-refractivity contribution in [3.63, 3.8) is 0 Å². The van der Waals surface area contributed by atoms with Gasteiger partial charge in [-0.3, -0.25) is 9.59 Å². The topological polar surface area (TPSA) is 73.2 Å². The maximum atomic E-state index is 12.4. The molecule has 1 aromatic rings. The highest BCUT2D eigenvalue weighted by atomic mass is 32.2. The van der Waals surface area contributed by atoms with Gasteiger partial charge in [-0.05, 0) is 31.7 Å². The molecular weight excluding hydrogens is 346 g/mol. The van der Waals surface area contributed by atoms with E-state index in [1.165, 1.54) is 18.2 Å². The summed E-state index contributed by atoms with van der Waals surface area (Å²) in [5.74, 6) is -0.0304. The Balaban J connectivity index is 1.76. The van der Waals surface area contributed by atoms with Gasteiger partial charge in [0.25, 0.3) is 0 Å². The van der Waals surface area contributed by atoms with Gasteiger partial charge in [0.2, 0.25) is 11.8 Å². The number of piperidine rings is 1. The van der Waals surface area contributed by atoms with Gasteiger partial charge in [-0.1, -0.05) is 41.6 Å². The van der Waals surface area contributed by atoms with Gasteiger partial charge in [0.1, 0.15) is 0 Å².